The maximum atomic E-state index is 12.8. The summed E-state index contributed by atoms with van der Waals surface area (Å²) >= 11 is 2.86. The molecule has 31 heavy (non-hydrogen) atoms. The molecule has 1 aromatic heterocycles. The van der Waals surface area contributed by atoms with E-state index in [9.17, 15) is 9.59 Å². The van der Waals surface area contributed by atoms with Gasteiger partial charge in [0.15, 0.2) is 4.34 Å². The van der Waals surface area contributed by atoms with Crippen LogP contribution in [0.3, 0.4) is 0 Å². The standard InChI is InChI=1S/C22H30N4O3S2/c1-5-29-20(28)17-10-12-26(13-11-17)19(27)15(4)30-22-25-24-21(31-22)23-18-8-6-16(7-9-18)14(2)3/h6-9,14-15,17H,5,10-13H2,1-4H3,(H,23,24). The van der Waals surface area contributed by atoms with Crippen LogP contribution >= 0.6 is 23.1 Å². The first-order chi connectivity index (χ1) is 14.9. The van der Waals surface area contributed by atoms with Crippen LogP contribution in [0.2, 0.25) is 0 Å². The van der Waals surface area contributed by atoms with Crippen LogP contribution in [0.5, 0.6) is 0 Å². The van der Waals surface area contributed by atoms with Gasteiger partial charge in [0.05, 0.1) is 17.8 Å². The molecule has 9 heteroatoms. The van der Waals surface area contributed by atoms with E-state index in [1.54, 1.807) is 0 Å². The molecule has 1 atom stereocenters. The second-order valence-corrected chi connectivity index (χ2v) is 10.5. The quantitative estimate of drug-likeness (QED) is 0.450. The predicted octanol–water partition coefficient (Wildman–Crippen LogP) is 4.69. The molecule has 1 N–H and O–H groups in total. The van der Waals surface area contributed by atoms with Crippen molar-refractivity contribution in [2.45, 2.75) is 56.0 Å². The summed E-state index contributed by atoms with van der Waals surface area (Å²) in [5.41, 5.74) is 2.25. The third-order valence-electron chi connectivity index (χ3n) is 5.29. The molecule has 1 unspecified atom stereocenters. The van der Waals surface area contributed by atoms with Gasteiger partial charge >= 0.3 is 5.97 Å². The molecule has 0 bridgehead atoms. The Hall–Kier alpha value is -2.13. The number of rotatable bonds is 8. The second-order valence-electron chi connectivity index (χ2n) is 7.89. The van der Waals surface area contributed by atoms with Gasteiger partial charge in [-0.15, -0.1) is 10.2 Å². The van der Waals surface area contributed by atoms with Gasteiger partial charge < -0.3 is 15.0 Å². The molecule has 1 amide bonds. The molecule has 1 fully saturated rings. The van der Waals surface area contributed by atoms with Gasteiger partial charge in [-0.1, -0.05) is 49.1 Å². The number of esters is 1. The minimum absolute atomic E-state index is 0.0706. The molecule has 0 aliphatic carbocycles. The topological polar surface area (TPSA) is 84.4 Å². The average molecular weight is 463 g/mol. The Labute approximate surface area is 192 Å². The van der Waals surface area contributed by atoms with Gasteiger partial charge in [0.2, 0.25) is 11.0 Å². The van der Waals surface area contributed by atoms with Gasteiger partial charge in [-0.3, -0.25) is 9.59 Å². The minimum atomic E-state index is -0.259. The van der Waals surface area contributed by atoms with Crippen molar-refractivity contribution >= 4 is 45.8 Å². The first-order valence-electron chi connectivity index (χ1n) is 10.7. The molecule has 168 valence electrons. The number of likely N-dealkylation sites (tertiary alicyclic amines) is 1. The van der Waals surface area contributed by atoms with Crippen molar-refractivity contribution in [1.29, 1.82) is 0 Å². The fourth-order valence-corrected chi connectivity index (χ4v) is 5.44. The van der Waals surface area contributed by atoms with E-state index in [1.165, 1.54) is 28.7 Å². The predicted molar refractivity (Wildman–Crippen MR) is 125 cm³/mol. The van der Waals surface area contributed by atoms with Crippen molar-refractivity contribution < 1.29 is 14.3 Å². The fraction of sp³-hybridized carbons (Fsp3) is 0.545. The van der Waals surface area contributed by atoms with Gasteiger partial charge in [0.1, 0.15) is 0 Å². The average Bonchev–Trinajstić information content (AvgIpc) is 3.20. The molecule has 0 saturated carbocycles. The Kier molecular flexibility index (Phi) is 8.31. The number of ether oxygens (including phenoxy) is 1. The summed E-state index contributed by atoms with van der Waals surface area (Å²) in [6.07, 6.45) is 1.31. The lowest BCUT2D eigenvalue weighted by atomic mass is 9.97. The third-order valence-corrected chi connectivity index (χ3v) is 7.30. The Morgan fingerprint density at radius 2 is 1.87 bits per heavy atom. The molecule has 0 radical (unpaired) electrons. The zero-order valence-corrected chi connectivity index (χ0v) is 20.1. The maximum Gasteiger partial charge on any atom is 0.309 e. The summed E-state index contributed by atoms with van der Waals surface area (Å²) < 4.78 is 5.85. The first kappa shape index (κ1) is 23.5. The first-order valence-corrected chi connectivity index (χ1v) is 12.4. The molecule has 0 spiro atoms. The van der Waals surface area contributed by atoms with Gasteiger partial charge in [0, 0.05) is 18.8 Å². The summed E-state index contributed by atoms with van der Waals surface area (Å²) in [6, 6.07) is 8.29. The number of nitrogens with zero attached hydrogens (tertiary/aromatic N) is 3. The van der Waals surface area contributed by atoms with Crippen molar-refractivity contribution in [2.24, 2.45) is 5.92 Å². The van der Waals surface area contributed by atoms with E-state index in [2.05, 4.69) is 41.5 Å². The molecule has 1 aliphatic heterocycles. The van der Waals surface area contributed by atoms with E-state index in [0.717, 1.165) is 10.0 Å². The number of hydrogen-bond acceptors (Lipinski definition) is 8. The van der Waals surface area contributed by atoms with Crippen LogP contribution in [0.15, 0.2) is 28.6 Å². The summed E-state index contributed by atoms with van der Waals surface area (Å²) in [5.74, 6) is 0.318. The van der Waals surface area contributed by atoms with Crippen molar-refractivity contribution in [3.63, 3.8) is 0 Å². The van der Waals surface area contributed by atoms with Crippen LogP contribution in [0.1, 0.15) is 52.0 Å². The monoisotopic (exact) mass is 462 g/mol. The lowest BCUT2D eigenvalue weighted by Gasteiger charge is -2.32. The second kappa shape index (κ2) is 10.9. The van der Waals surface area contributed by atoms with Crippen molar-refractivity contribution in [2.75, 3.05) is 25.0 Å². The Morgan fingerprint density at radius 3 is 2.48 bits per heavy atom. The lowest BCUT2D eigenvalue weighted by Crippen LogP contribution is -2.43. The Bertz CT molecular complexity index is 877. The van der Waals surface area contributed by atoms with Crippen LogP contribution in [0.25, 0.3) is 0 Å². The zero-order valence-electron chi connectivity index (χ0n) is 18.5. The molecule has 1 aromatic carbocycles. The Morgan fingerprint density at radius 1 is 1.19 bits per heavy atom. The van der Waals surface area contributed by atoms with Crippen LogP contribution in [0, 0.1) is 5.92 Å². The van der Waals surface area contributed by atoms with Crippen molar-refractivity contribution in [1.82, 2.24) is 15.1 Å². The number of hydrogen-bond donors (Lipinski definition) is 1. The number of piperidine rings is 1. The lowest BCUT2D eigenvalue weighted by molar-refractivity contribution is -0.151. The van der Waals surface area contributed by atoms with Gasteiger partial charge in [0.25, 0.3) is 0 Å². The van der Waals surface area contributed by atoms with E-state index < -0.39 is 0 Å². The SMILES string of the molecule is CCOC(=O)C1CCN(C(=O)C(C)Sc2nnc(Nc3ccc(C(C)C)cc3)s2)CC1. The minimum Gasteiger partial charge on any atom is -0.466 e. The van der Waals surface area contributed by atoms with Crippen molar-refractivity contribution in [3.8, 4) is 0 Å². The highest BCUT2D eigenvalue weighted by Gasteiger charge is 2.30. The molecule has 1 aliphatic rings. The van der Waals surface area contributed by atoms with E-state index in [-0.39, 0.29) is 23.0 Å². The maximum absolute atomic E-state index is 12.8. The fourth-order valence-electron chi connectivity index (χ4n) is 3.44. The molecule has 2 aromatic rings. The molecule has 2 heterocycles. The molecule has 7 nitrogen and oxygen atoms in total. The molecular weight excluding hydrogens is 432 g/mol. The van der Waals surface area contributed by atoms with Crippen molar-refractivity contribution in [3.05, 3.63) is 29.8 Å². The van der Waals surface area contributed by atoms with E-state index in [0.29, 0.717) is 43.6 Å². The van der Waals surface area contributed by atoms with E-state index in [4.69, 9.17) is 4.74 Å². The molecule has 1 saturated heterocycles. The highest BCUT2D eigenvalue weighted by Crippen LogP contribution is 2.32. The number of thioether (sulfide) groups is 1. The van der Waals surface area contributed by atoms with Gasteiger partial charge in [-0.2, -0.15) is 0 Å². The van der Waals surface area contributed by atoms with Crippen LogP contribution < -0.4 is 5.32 Å². The van der Waals surface area contributed by atoms with Crippen LogP contribution in [-0.4, -0.2) is 51.9 Å². The van der Waals surface area contributed by atoms with Gasteiger partial charge in [-0.25, -0.2) is 0 Å². The molecular formula is C22H30N4O3S2. The largest absolute Gasteiger partial charge is 0.466 e. The highest BCUT2D eigenvalue weighted by molar-refractivity contribution is 8.02. The molecule has 3 rings (SSSR count). The third kappa shape index (κ3) is 6.43. The summed E-state index contributed by atoms with van der Waals surface area (Å²) in [6.45, 7) is 9.61. The summed E-state index contributed by atoms with van der Waals surface area (Å²) in [5, 5.41) is 12.1. The van der Waals surface area contributed by atoms with Crippen LogP contribution in [0.4, 0.5) is 10.8 Å². The number of carbonyl (C=O) groups excluding carboxylic acids is 2. The number of amides is 1. The summed E-state index contributed by atoms with van der Waals surface area (Å²) in [4.78, 5) is 26.5. The number of nitrogens with one attached hydrogen (secondary N) is 1. The number of benzene rings is 1. The Balaban J connectivity index is 1.49. The van der Waals surface area contributed by atoms with Gasteiger partial charge in [-0.05, 0) is 50.3 Å². The highest BCUT2D eigenvalue weighted by atomic mass is 32.2. The summed E-state index contributed by atoms with van der Waals surface area (Å²) in [7, 11) is 0. The van der Waals surface area contributed by atoms with E-state index in [1.807, 2.05) is 30.9 Å². The smallest absolute Gasteiger partial charge is 0.309 e. The number of aromatic nitrogens is 2. The van der Waals surface area contributed by atoms with E-state index >= 15 is 0 Å². The zero-order chi connectivity index (χ0) is 22.4. The normalized spacial score (nSPS) is 15.7. The van der Waals surface area contributed by atoms with Crippen LogP contribution in [-0.2, 0) is 14.3 Å². The number of anilines is 2. The number of carbonyl (C=O) groups is 2.